The van der Waals surface area contributed by atoms with Gasteiger partial charge >= 0.3 is 0 Å². The fraction of sp³-hybridized carbons (Fsp3) is 0.200. The number of amides is 2. The molecule has 0 bridgehead atoms. The van der Waals surface area contributed by atoms with E-state index in [9.17, 15) is 9.59 Å². The monoisotopic (exact) mass is 386 g/mol. The number of anilines is 1. The second kappa shape index (κ2) is 8.14. The van der Waals surface area contributed by atoms with Crippen molar-refractivity contribution in [2.75, 3.05) is 18.5 Å². The molecule has 2 aromatic carbocycles. The summed E-state index contributed by atoms with van der Waals surface area (Å²) in [4.78, 5) is 23.9. The molecule has 0 unspecified atom stereocenters. The van der Waals surface area contributed by atoms with Gasteiger partial charge in [-0.15, -0.1) is 0 Å². The van der Waals surface area contributed by atoms with Crippen LogP contribution in [0, 0.1) is 6.92 Å². The minimum absolute atomic E-state index is 0.0553. The van der Waals surface area contributed by atoms with Gasteiger partial charge < -0.3 is 19.8 Å². The first kappa shape index (κ1) is 18.8. The summed E-state index contributed by atoms with van der Waals surface area (Å²) in [5.74, 6) is 0.240. The molecule has 0 saturated carbocycles. The quantitative estimate of drug-likeness (QED) is 0.666. The number of carbonyl (C=O) groups excluding carboxylic acids is 2. The molecule has 1 heterocycles. The number of ether oxygens (including phenoxy) is 1. The summed E-state index contributed by atoms with van der Waals surface area (Å²) in [6.07, 6.45) is 0. The Morgan fingerprint density at radius 2 is 1.89 bits per heavy atom. The lowest BCUT2D eigenvalue weighted by molar-refractivity contribution is -0.122. The molecule has 27 heavy (non-hydrogen) atoms. The van der Waals surface area contributed by atoms with E-state index in [1.54, 1.807) is 42.5 Å². The van der Waals surface area contributed by atoms with Crippen molar-refractivity contribution >= 4 is 40.1 Å². The maximum atomic E-state index is 12.5. The zero-order valence-electron chi connectivity index (χ0n) is 15.0. The molecule has 1 aromatic heterocycles. The van der Waals surface area contributed by atoms with Gasteiger partial charge in [0.25, 0.3) is 11.8 Å². The minimum atomic E-state index is -0.351. The van der Waals surface area contributed by atoms with Crippen molar-refractivity contribution in [2.45, 2.75) is 13.8 Å². The van der Waals surface area contributed by atoms with Crippen molar-refractivity contribution < 1.29 is 18.7 Å². The van der Waals surface area contributed by atoms with Crippen LogP contribution in [-0.2, 0) is 4.79 Å². The molecule has 0 aliphatic rings. The summed E-state index contributed by atoms with van der Waals surface area (Å²) < 4.78 is 11.0. The van der Waals surface area contributed by atoms with Gasteiger partial charge in [0.05, 0.1) is 0 Å². The highest BCUT2D eigenvalue weighted by molar-refractivity contribution is 6.31. The van der Waals surface area contributed by atoms with Gasteiger partial charge in [-0.3, -0.25) is 9.59 Å². The highest BCUT2D eigenvalue weighted by atomic mass is 35.5. The number of hydrogen-bond acceptors (Lipinski definition) is 4. The third-order valence-electron chi connectivity index (χ3n) is 3.96. The molecule has 3 rings (SSSR count). The number of furan rings is 1. The van der Waals surface area contributed by atoms with Crippen molar-refractivity contribution in [3.63, 3.8) is 0 Å². The van der Waals surface area contributed by atoms with Crippen LogP contribution in [0.25, 0.3) is 11.0 Å². The predicted octanol–water partition coefficient (Wildman–Crippen LogP) is 4.16. The van der Waals surface area contributed by atoms with E-state index in [1.807, 2.05) is 13.8 Å². The second-order valence-corrected chi connectivity index (χ2v) is 6.35. The van der Waals surface area contributed by atoms with Crippen molar-refractivity contribution in [3.05, 3.63) is 58.8 Å². The maximum Gasteiger partial charge on any atom is 0.291 e. The molecular formula is C20H19ClN2O4. The predicted molar refractivity (Wildman–Crippen MR) is 105 cm³/mol. The molecule has 0 atom stereocenters. The summed E-state index contributed by atoms with van der Waals surface area (Å²) >= 11 is 6.01. The number of likely N-dealkylation sites (N-methyl/N-ethyl adjacent to an activating group) is 1. The van der Waals surface area contributed by atoms with Gasteiger partial charge in [0, 0.05) is 28.2 Å². The zero-order chi connectivity index (χ0) is 19.4. The van der Waals surface area contributed by atoms with Crippen molar-refractivity contribution in [1.82, 2.24) is 5.32 Å². The molecule has 2 amide bonds. The molecule has 0 spiro atoms. The standard InChI is InChI=1S/C20H19ClN2O4/c1-3-22-18(24)11-26-15-7-5-14(6-8-15)23-20(25)19-12(2)16-10-13(21)4-9-17(16)27-19/h4-10H,3,11H2,1-2H3,(H,22,24)(H,23,25). The van der Waals surface area contributed by atoms with E-state index in [-0.39, 0.29) is 24.2 Å². The lowest BCUT2D eigenvalue weighted by Crippen LogP contribution is -2.28. The number of carbonyl (C=O) groups is 2. The number of hydrogen-bond donors (Lipinski definition) is 2. The lowest BCUT2D eigenvalue weighted by atomic mass is 10.1. The van der Waals surface area contributed by atoms with Gasteiger partial charge in [-0.05, 0) is 56.3 Å². The molecule has 0 aliphatic carbocycles. The molecule has 7 heteroatoms. The largest absolute Gasteiger partial charge is 0.484 e. The fourth-order valence-electron chi connectivity index (χ4n) is 2.63. The number of benzene rings is 2. The Morgan fingerprint density at radius 3 is 2.59 bits per heavy atom. The molecule has 140 valence electrons. The average Bonchev–Trinajstić information content (AvgIpc) is 2.98. The molecule has 0 radical (unpaired) electrons. The number of halogens is 1. The molecular weight excluding hydrogens is 368 g/mol. The van der Waals surface area contributed by atoms with E-state index < -0.39 is 0 Å². The highest BCUT2D eigenvalue weighted by Gasteiger charge is 2.18. The molecule has 3 aromatic rings. The summed E-state index contributed by atoms with van der Waals surface area (Å²) in [6, 6.07) is 12.0. The Morgan fingerprint density at radius 1 is 1.15 bits per heavy atom. The number of rotatable bonds is 6. The van der Waals surface area contributed by atoms with Gasteiger partial charge in [0.1, 0.15) is 11.3 Å². The van der Waals surface area contributed by atoms with Crippen LogP contribution in [0.2, 0.25) is 5.02 Å². The Labute approximate surface area is 161 Å². The SMILES string of the molecule is CCNC(=O)COc1ccc(NC(=O)c2oc3ccc(Cl)cc3c2C)cc1. The third kappa shape index (κ3) is 4.41. The van der Waals surface area contributed by atoms with E-state index in [4.69, 9.17) is 20.8 Å². The maximum absolute atomic E-state index is 12.5. The van der Waals surface area contributed by atoms with Crippen LogP contribution >= 0.6 is 11.6 Å². The molecule has 6 nitrogen and oxygen atoms in total. The smallest absolute Gasteiger partial charge is 0.291 e. The van der Waals surface area contributed by atoms with E-state index in [0.717, 1.165) is 10.9 Å². The number of nitrogens with one attached hydrogen (secondary N) is 2. The van der Waals surface area contributed by atoms with E-state index >= 15 is 0 Å². The molecule has 0 aliphatic heterocycles. The first-order valence-corrected chi connectivity index (χ1v) is 8.85. The van der Waals surface area contributed by atoms with Crippen LogP contribution in [0.1, 0.15) is 23.0 Å². The van der Waals surface area contributed by atoms with E-state index in [1.165, 1.54) is 0 Å². The summed E-state index contributed by atoms with van der Waals surface area (Å²) in [7, 11) is 0. The Bertz CT molecular complexity index is 980. The summed E-state index contributed by atoms with van der Waals surface area (Å²) in [5.41, 5.74) is 1.92. The summed E-state index contributed by atoms with van der Waals surface area (Å²) in [5, 5.41) is 6.83. The van der Waals surface area contributed by atoms with Crippen LogP contribution in [0.15, 0.2) is 46.9 Å². The lowest BCUT2D eigenvalue weighted by Gasteiger charge is -2.08. The Kier molecular flexibility index (Phi) is 5.66. The van der Waals surface area contributed by atoms with Gasteiger partial charge in [0.15, 0.2) is 12.4 Å². The van der Waals surface area contributed by atoms with E-state index in [0.29, 0.717) is 28.6 Å². The van der Waals surface area contributed by atoms with Gasteiger partial charge in [-0.25, -0.2) is 0 Å². The minimum Gasteiger partial charge on any atom is -0.484 e. The van der Waals surface area contributed by atoms with Gasteiger partial charge in [0.2, 0.25) is 0 Å². The Hall–Kier alpha value is -2.99. The summed E-state index contributed by atoms with van der Waals surface area (Å²) in [6.45, 7) is 4.16. The molecule has 0 saturated heterocycles. The molecule has 0 fully saturated rings. The molecule has 2 N–H and O–H groups in total. The van der Waals surface area contributed by atoms with Crippen molar-refractivity contribution in [3.8, 4) is 5.75 Å². The van der Waals surface area contributed by atoms with Gasteiger partial charge in [-0.2, -0.15) is 0 Å². The second-order valence-electron chi connectivity index (χ2n) is 5.92. The third-order valence-corrected chi connectivity index (χ3v) is 4.20. The van der Waals surface area contributed by atoms with Gasteiger partial charge in [-0.1, -0.05) is 11.6 Å². The first-order chi connectivity index (χ1) is 13.0. The average molecular weight is 387 g/mol. The van der Waals surface area contributed by atoms with E-state index in [2.05, 4.69) is 10.6 Å². The number of aryl methyl sites for hydroxylation is 1. The fourth-order valence-corrected chi connectivity index (χ4v) is 2.80. The normalized spacial score (nSPS) is 10.6. The van der Waals surface area contributed by atoms with Crippen molar-refractivity contribution in [2.24, 2.45) is 0 Å². The van der Waals surface area contributed by atoms with Crippen LogP contribution in [-0.4, -0.2) is 25.0 Å². The number of fused-ring (bicyclic) bond motifs is 1. The van der Waals surface area contributed by atoms with Crippen LogP contribution < -0.4 is 15.4 Å². The van der Waals surface area contributed by atoms with Crippen molar-refractivity contribution in [1.29, 1.82) is 0 Å². The van der Waals surface area contributed by atoms with Crippen LogP contribution in [0.5, 0.6) is 5.75 Å². The topological polar surface area (TPSA) is 80.6 Å². The Balaban J connectivity index is 1.67. The zero-order valence-corrected chi connectivity index (χ0v) is 15.7. The van der Waals surface area contributed by atoms with Crippen LogP contribution in [0.3, 0.4) is 0 Å². The first-order valence-electron chi connectivity index (χ1n) is 8.47. The van der Waals surface area contributed by atoms with Crippen LogP contribution in [0.4, 0.5) is 5.69 Å². The highest BCUT2D eigenvalue weighted by Crippen LogP contribution is 2.28.